The molecule has 0 atom stereocenters. The Labute approximate surface area is 153 Å². The normalized spacial score (nSPS) is 15.0. The maximum Gasteiger partial charge on any atom is 0.265 e. The van der Waals surface area contributed by atoms with Gasteiger partial charge in [-0.25, -0.2) is 8.42 Å². The molecule has 134 valence electrons. The average Bonchev–Trinajstić information content (AvgIpc) is 2.62. The van der Waals surface area contributed by atoms with Crippen LogP contribution in [0.2, 0.25) is 5.02 Å². The average molecular weight is 381 g/mol. The molecule has 0 spiro atoms. The van der Waals surface area contributed by atoms with Crippen LogP contribution in [0.15, 0.2) is 47.4 Å². The maximum absolute atomic E-state index is 12.9. The van der Waals surface area contributed by atoms with Gasteiger partial charge in [-0.1, -0.05) is 23.7 Å². The van der Waals surface area contributed by atoms with Gasteiger partial charge in [-0.3, -0.25) is 4.72 Å². The van der Waals surface area contributed by atoms with Crippen molar-refractivity contribution in [3.05, 3.63) is 47.5 Å². The number of methoxy groups -OCH3 is 1. The number of halogens is 1. The van der Waals surface area contributed by atoms with E-state index < -0.39 is 10.0 Å². The zero-order valence-electron chi connectivity index (χ0n) is 14.0. The molecule has 1 saturated heterocycles. The van der Waals surface area contributed by atoms with Gasteiger partial charge in [0.1, 0.15) is 10.6 Å². The standard InChI is InChI=1S/C18H21ClN2O3S/c1-24-17-7-3-4-8-18(17)25(22,23)20-15-13-14(19)9-10-16(15)21-11-5-2-6-12-21/h3-4,7-10,13,20H,2,5-6,11-12H2,1H3. The summed E-state index contributed by atoms with van der Waals surface area (Å²) >= 11 is 6.11. The van der Waals surface area contributed by atoms with E-state index in [1.54, 1.807) is 30.3 Å². The minimum absolute atomic E-state index is 0.0991. The van der Waals surface area contributed by atoms with Crippen LogP contribution >= 0.6 is 11.6 Å². The third-order valence-corrected chi connectivity index (χ3v) is 5.90. The van der Waals surface area contributed by atoms with Gasteiger partial charge in [-0.05, 0) is 49.6 Å². The highest BCUT2D eigenvalue weighted by Gasteiger charge is 2.22. The molecule has 0 bridgehead atoms. The summed E-state index contributed by atoms with van der Waals surface area (Å²) in [5.41, 5.74) is 1.34. The van der Waals surface area contributed by atoms with Gasteiger partial charge in [-0.2, -0.15) is 0 Å². The molecule has 2 aromatic rings. The van der Waals surface area contributed by atoms with E-state index in [9.17, 15) is 8.42 Å². The van der Waals surface area contributed by atoms with Crippen LogP contribution in [0.4, 0.5) is 11.4 Å². The number of anilines is 2. The van der Waals surface area contributed by atoms with Gasteiger partial charge in [0.25, 0.3) is 10.0 Å². The lowest BCUT2D eigenvalue weighted by Crippen LogP contribution is -2.30. The first-order valence-corrected chi connectivity index (χ1v) is 10.1. The van der Waals surface area contributed by atoms with Crippen molar-refractivity contribution in [1.82, 2.24) is 0 Å². The zero-order valence-corrected chi connectivity index (χ0v) is 15.6. The number of ether oxygens (including phenoxy) is 1. The predicted octanol–water partition coefficient (Wildman–Crippen LogP) is 4.14. The van der Waals surface area contributed by atoms with Gasteiger partial charge in [0.05, 0.1) is 18.5 Å². The van der Waals surface area contributed by atoms with E-state index >= 15 is 0 Å². The van der Waals surface area contributed by atoms with Crippen LogP contribution in [0.1, 0.15) is 19.3 Å². The van der Waals surface area contributed by atoms with Gasteiger partial charge in [-0.15, -0.1) is 0 Å². The molecule has 0 aliphatic carbocycles. The summed E-state index contributed by atoms with van der Waals surface area (Å²) in [5, 5.41) is 0.485. The Hall–Kier alpha value is -1.92. The Kier molecular flexibility index (Phi) is 5.39. The second-order valence-electron chi connectivity index (χ2n) is 5.97. The highest BCUT2D eigenvalue weighted by molar-refractivity contribution is 7.92. The predicted molar refractivity (Wildman–Crippen MR) is 101 cm³/mol. The molecule has 0 unspecified atom stereocenters. The van der Waals surface area contributed by atoms with Crippen molar-refractivity contribution in [2.45, 2.75) is 24.2 Å². The first-order chi connectivity index (χ1) is 12.0. The Morgan fingerprint density at radius 2 is 1.80 bits per heavy atom. The van der Waals surface area contributed by atoms with Crippen LogP contribution in [0.5, 0.6) is 5.75 Å². The molecule has 5 nitrogen and oxygen atoms in total. The van der Waals surface area contributed by atoms with Crippen molar-refractivity contribution < 1.29 is 13.2 Å². The SMILES string of the molecule is COc1ccccc1S(=O)(=O)Nc1cc(Cl)ccc1N1CCCCC1. The number of hydrogen-bond acceptors (Lipinski definition) is 4. The molecule has 3 rings (SSSR count). The van der Waals surface area contributed by atoms with Crippen molar-refractivity contribution in [1.29, 1.82) is 0 Å². The lowest BCUT2D eigenvalue weighted by atomic mass is 10.1. The fraction of sp³-hybridized carbons (Fsp3) is 0.333. The first-order valence-electron chi connectivity index (χ1n) is 8.21. The van der Waals surface area contributed by atoms with Crippen molar-refractivity contribution in [2.75, 3.05) is 29.8 Å². The molecule has 1 fully saturated rings. The highest BCUT2D eigenvalue weighted by Crippen LogP contribution is 2.34. The van der Waals surface area contributed by atoms with Gasteiger partial charge in [0.15, 0.2) is 0 Å². The molecule has 7 heteroatoms. The molecule has 1 aliphatic rings. The topological polar surface area (TPSA) is 58.6 Å². The molecule has 2 aromatic carbocycles. The number of hydrogen-bond donors (Lipinski definition) is 1. The quantitative estimate of drug-likeness (QED) is 0.846. The summed E-state index contributed by atoms with van der Waals surface area (Å²) in [4.78, 5) is 2.29. The number of nitrogens with one attached hydrogen (secondary N) is 1. The number of benzene rings is 2. The molecule has 0 aromatic heterocycles. The first kappa shape index (κ1) is 17.9. The van der Waals surface area contributed by atoms with Crippen molar-refractivity contribution in [2.24, 2.45) is 0 Å². The summed E-state index contributed by atoms with van der Waals surface area (Å²) in [5.74, 6) is 0.302. The van der Waals surface area contributed by atoms with E-state index in [1.165, 1.54) is 19.6 Å². The molecule has 1 aliphatic heterocycles. The smallest absolute Gasteiger partial charge is 0.265 e. The number of rotatable bonds is 5. The van der Waals surface area contributed by atoms with Crippen LogP contribution in [0.25, 0.3) is 0 Å². The van der Waals surface area contributed by atoms with Crippen molar-refractivity contribution in [3.8, 4) is 5.75 Å². The van der Waals surface area contributed by atoms with E-state index in [1.807, 2.05) is 6.07 Å². The summed E-state index contributed by atoms with van der Waals surface area (Å²) in [6.45, 7) is 1.82. The fourth-order valence-electron chi connectivity index (χ4n) is 3.04. The molecular formula is C18H21ClN2O3S. The molecule has 0 radical (unpaired) electrons. The van der Waals surface area contributed by atoms with E-state index in [-0.39, 0.29) is 4.90 Å². The Balaban J connectivity index is 1.97. The van der Waals surface area contributed by atoms with Crippen molar-refractivity contribution >= 4 is 33.0 Å². The molecular weight excluding hydrogens is 360 g/mol. The van der Waals surface area contributed by atoms with Crippen LogP contribution in [-0.2, 0) is 10.0 Å². The third-order valence-electron chi connectivity index (χ3n) is 4.26. The van der Waals surface area contributed by atoms with E-state index in [4.69, 9.17) is 16.3 Å². The summed E-state index contributed by atoms with van der Waals surface area (Å²) in [7, 11) is -2.34. The second-order valence-corrected chi connectivity index (χ2v) is 8.05. The summed E-state index contributed by atoms with van der Waals surface area (Å²) < 4.78 is 33.6. The Morgan fingerprint density at radius 1 is 1.08 bits per heavy atom. The summed E-state index contributed by atoms with van der Waals surface area (Å²) in [6.07, 6.45) is 3.40. The zero-order chi connectivity index (χ0) is 17.9. The molecule has 1 heterocycles. The Bertz CT molecular complexity index is 849. The van der Waals surface area contributed by atoms with Gasteiger partial charge < -0.3 is 9.64 Å². The van der Waals surface area contributed by atoms with E-state index in [0.29, 0.717) is 16.5 Å². The summed E-state index contributed by atoms with van der Waals surface area (Å²) in [6, 6.07) is 11.8. The van der Waals surface area contributed by atoms with Crippen LogP contribution < -0.4 is 14.4 Å². The molecule has 0 amide bonds. The largest absolute Gasteiger partial charge is 0.495 e. The Morgan fingerprint density at radius 3 is 2.52 bits per heavy atom. The van der Waals surface area contributed by atoms with Crippen LogP contribution in [-0.4, -0.2) is 28.6 Å². The molecule has 25 heavy (non-hydrogen) atoms. The van der Waals surface area contributed by atoms with Crippen LogP contribution in [0, 0.1) is 0 Å². The molecule has 0 saturated carbocycles. The van der Waals surface area contributed by atoms with E-state index in [2.05, 4.69) is 9.62 Å². The number of piperidine rings is 1. The lowest BCUT2D eigenvalue weighted by molar-refractivity contribution is 0.403. The fourth-order valence-corrected chi connectivity index (χ4v) is 4.45. The molecule has 1 N–H and O–H groups in total. The number of para-hydroxylation sites is 1. The van der Waals surface area contributed by atoms with Gasteiger partial charge in [0, 0.05) is 18.1 Å². The van der Waals surface area contributed by atoms with E-state index in [0.717, 1.165) is 31.6 Å². The minimum atomic E-state index is -3.79. The second kappa shape index (κ2) is 7.54. The van der Waals surface area contributed by atoms with Gasteiger partial charge in [0.2, 0.25) is 0 Å². The maximum atomic E-state index is 12.9. The minimum Gasteiger partial charge on any atom is -0.495 e. The van der Waals surface area contributed by atoms with Gasteiger partial charge >= 0.3 is 0 Å². The third kappa shape index (κ3) is 4.02. The monoisotopic (exact) mass is 380 g/mol. The lowest BCUT2D eigenvalue weighted by Gasteiger charge is -2.30. The van der Waals surface area contributed by atoms with Crippen molar-refractivity contribution in [3.63, 3.8) is 0 Å². The number of sulfonamides is 1. The highest BCUT2D eigenvalue weighted by atomic mass is 35.5. The number of nitrogens with zero attached hydrogens (tertiary/aromatic N) is 1. The van der Waals surface area contributed by atoms with Crippen LogP contribution in [0.3, 0.4) is 0 Å².